The van der Waals surface area contributed by atoms with Crippen molar-refractivity contribution >= 4 is 39.1 Å². The van der Waals surface area contributed by atoms with E-state index in [2.05, 4.69) is 42.0 Å². The van der Waals surface area contributed by atoms with Crippen LogP contribution in [0.4, 0.5) is 5.69 Å². The van der Waals surface area contributed by atoms with Gasteiger partial charge in [0.1, 0.15) is 5.75 Å². The molecule has 0 radical (unpaired) electrons. The Morgan fingerprint density at radius 3 is 2.50 bits per heavy atom. The summed E-state index contributed by atoms with van der Waals surface area (Å²) in [5, 5.41) is 3.39. The predicted molar refractivity (Wildman–Crippen MR) is 103 cm³/mol. The summed E-state index contributed by atoms with van der Waals surface area (Å²) in [6.45, 7) is 8.29. The van der Waals surface area contributed by atoms with Crippen molar-refractivity contribution in [3.05, 3.63) is 57.0 Å². The molecule has 0 spiro atoms. The average molecular weight is 411 g/mol. The van der Waals surface area contributed by atoms with Gasteiger partial charge in [-0.05, 0) is 63.7 Å². The molecule has 0 aromatic heterocycles. The van der Waals surface area contributed by atoms with Crippen molar-refractivity contribution in [3.8, 4) is 5.75 Å². The van der Waals surface area contributed by atoms with Crippen molar-refractivity contribution in [2.45, 2.75) is 33.1 Å². The quantitative estimate of drug-likeness (QED) is 0.699. The van der Waals surface area contributed by atoms with Crippen LogP contribution in [0.2, 0.25) is 5.02 Å². The van der Waals surface area contributed by atoms with Crippen LogP contribution in [-0.4, -0.2) is 12.5 Å². The molecule has 1 N–H and O–H groups in total. The lowest BCUT2D eigenvalue weighted by Crippen LogP contribution is -2.20. The number of hydrogen-bond donors (Lipinski definition) is 1. The van der Waals surface area contributed by atoms with Crippen molar-refractivity contribution < 1.29 is 9.53 Å². The molecule has 0 heterocycles. The Bertz CT molecular complexity index is 754. The van der Waals surface area contributed by atoms with Crippen molar-refractivity contribution in [3.63, 3.8) is 0 Å². The number of ether oxygens (including phenoxy) is 1. The smallest absolute Gasteiger partial charge is 0.262 e. The maximum absolute atomic E-state index is 12.0. The first-order valence-electron chi connectivity index (χ1n) is 7.65. The Morgan fingerprint density at radius 2 is 1.92 bits per heavy atom. The minimum Gasteiger partial charge on any atom is -0.483 e. The third-order valence-electron chi connectivity index (χ3n) is 3.61. The van der Waals surface area contributed by atoms with Gasteiger partial charge in [0.25, 0.3) is 5.91 Å². The van der Waals surface area contributed by atoms with E-state index in [4.69, 9.17) is 16.3 Å². The first kappa shape index (κ1) is 18.8. The Labute approximate surface area is 156 Å². The fourth-order valence-electron chi connectivity index (χ4n) is 2.10. The van der Waals surface area contributed by atoms with Crippen LogP contribution in [0.5, 0.6) is 5.75 Å². The number of anilines is 1. The number of carbonyl (C=O) groups excluding carboxylic acids is 1. The first-order chi connectivity index (χ1) is 11.2. The average Bonchev–Trinajstić information content (AvgIpc) is 2.49. The van der Waals surface area contributed by atoms with Gasteiger partial charge in [0, 0.05) is 10.7 Å². The van der Waals surface area contributed by atoms with E-state index in [-0.39, 0.29) is 17.9 Å². The van der Waals surface area contributed by atoms with Crippen LogP contribution in [0.3, 0.4) is 0 Å². The van der Waals surface area contributed by atoms with Gasteiger partial charge in [-0.2, -0.15) is 0 Å². The minimum absolute atomic E-state index is 0.0587. The minimum atomic E-state index is -0.235. The molecule has 2 aromatic carbocycles. The molecule has 24 heavy (non-hydrogen) atoms. The number of halogens is 2. The van der Waals surface area contributed by atoms with Crippen molar-refractivity contribution in [2.75, 3.05) is 11.9 Å². The standard InChI is InChI=1S/C19H21BrClNO2/c1-12-5-7-14(10-16(12)21)22-18(23)11-24-17-8-6-13(9-15(17)20)19(2,3)4/h5-10H,11H2,1-4H3,(H,22,23). The monoisotopic (exact) mass is 409 g/mol. The van der Waals surface area contributed by atoms with Crippen LogP contribution in [0, 0.1) is 6.92 Å². The van der Waals surface area contributed by atoms with E-state index >= 15 is 0 Å². The molecule has 0 fully saturated rings. The van der Waals surface area contributed by atoms with Gasteiger partial charge >= 0.3 is 0 Å². The number of benzene rings is 2. The van der Waals surface area contributed by atoms with E-state index in [9.17, 15) is 4.79 Å². The molecule has 0 aliphatic rings. The number of amides is 1. The molecule has 3 nitrogen and oxygen atoms in total. The van der Waals surface area contributed by atoms with Crippen molar-refractivity contribution in [1.82, 2.24) is 0 Å². The highest BCUT2D eigenvalue weighted by atomic mass is 79.9. The van der Waals surface area contributed by atoms with Gasteiger partial charge in [0.05, 0.1) is 4.47 Å². The van der Waals surface area contributed by atoms with E-state index in [1.807, 2.05) is 37.3 Å². The molecule has 2 aromatic rings. The zero-order chi connectivity index (χ0) is 17.9. The van der Waals surface area contributed by atoms with Gasteiger partial charge in [-0.1, -0.05) is 44.5 Å². The lowest BCUT2D eigenvalue weighted by atomic mass is 9.87. The summed E-state index contributed by atoms with van der Waals surface area (Å²) in [5.41, 5.74) is 2.87. The van der Waals surface area contributed by atoms with Crippen LogP contribution in [-0.2, 0) is 10.2 Å². The molecule has 5 heteroatoms. The van der Waals surface area contributed by atoms with Gasteiger partial charge in [0.2, 0.25) is 0 Å². The number of hydrogen-bond acceptors (Lipinski definition) is 2. The van der Waals surface area contributed by atoms with Crippen molar-refractivity contribution in [1.29, 1.82) is 0 Å². The maximum atomic E-state index is 12.0. The van der Waals surface area contributed by atoms with Crippen LogP contribution >= 0.6 is 27.5 Å². The molecule has 0 bridgehead atoms. The second kappa shape index (κ2) is 7.58. The van der Waals surface area contributed by atoms with Crippen molar-refractivity contribution in [2.24, 2.45) is 0 Å². The molecule has 0 saturated heterocycles. The first-order valence-corrected chi connectivity index (χ1v) is 8.83. The van der Waals surface area contributed by atoms with E-state index in [1.54, 1.807) is 6.07 Å². The summed E-state index contributed by atoms with van der Waals surface area (Å²) in [6, 6.07) is 11.3. The van der Waals surface area contributed by atoms with Gasteiger partial charge < -0.3 is 10.1 Å². The van der Waals surface area contributed by atoms with Gasteiger partial charge in [-0.3, -0.25) is 4.79 Å². The number of aryl methyl sites for hydroxylation is 1. The third kappa shape index (κ3) is 4.99. The molecular weight excluding hydrogens is 390 g/mol. The van der Waals surface area contributed by atoms with Gasteiger partial charge in [-0.15, -0.1) is 0 Å². The maximum Gasteiger partial charge on any atom is 0.262 e. The SMILES string of the molecule is Cc1ccc(NC(=O)COc2ccc(C(C)(C)C)cc2Br)cc1Cl. The highest BCUT2D eigenvalue weighted by molar-refractivity contribution is 9.10. The third-order valence-corrected chi connectivity index (χ3v) is 4.64. The van der Waals surface area contributed by atoms with Gasteiger partial charge in [0.15, 0.2) is 6.61 Å². The topological polar surface area (TPSA) is 38.3 Å². The second-order valence-electron chi connectivity index (χ2n) is 6.70. The molecule has 0 unspecified atom stereocenters. The second-order valence-corrected chi connectivity index (χ2v) is 7.96. The fraction of sp³-hybridized carbons (Fsp3) is 0.316. The summed E-state index contributed by atoms with van der Waals surface area (Å²) in [6.07, 6.45) is 0. The molecule has 0 atom stereocenters. The van der Waals surface area contributed by atoms with Crippen LogP contribution in [0.15, 0.2) is 40.9 Å². The molecule has 128 valence electrons. The summed E-state index contributed by atoms with van der Waals surface area (Å²) in [5.74, 6) is 0.404. The summed E-state index contributed by atoms with van der Waals surface area (Å²) in [4.78, 5) is 12.0. The molecule has 2 rings (SSSR count). The fourth-order valence-corrected chi connectivity index (χ4v) is 2.77. The lowest BCUT2D eigenvalue weighted by molar-refractivity contribution is -0.118. The highest BCUT2D eigenvalue weighted by Gasteiger charge is 2.15. The summed E-state index contributed by atoms with van der Waals surface area (Å²) < 4.78 is 6.43. The zero-order valence-corrected chi connectivity index (χ0v) is 16.6. The Balaban J connectivity index is 1.97. The number of nitrogens with one attached hydrogen (secondary N) is 1. The Hall–Kier alpha value is -1.52. The molecule has 0 aliphatic heterocycles. The van der Waals surface area contributed by atoms with Crippen LogP contribution in [0.1, 0.15) is 31.9 Å². The lowest BCUT2D eigenvalue weighted by Gasteiger charge is -2.20. The predicted octanol–water partition coefficient (Wildman–Crippen LogP) is 5.73. The van der Waals surface area contributed by atoms with E-state index in [0.717, 1.165) is 10.0 Å². The molecular formula is C19H21BrClNO2. The molecule has 0 aliphatic carbocycles. The van der Waals surface area contributed by atoms with E-state index < -0.39 is 0 Å². The Kier molecular flexibility index (Phi) is 5.94. The van der Waals surface area contributed by atoms with E-state index in [1.165, 1.54) is 5.56 Å². The largest absolute Gasteiger partial charge is 0.483 e. The number of carbonyl (C=O) groups is 1. The molecule has 1 amide bonds. The summed E-state index contributed by atoms with van der Waals surface area (Å²) in [7, 11) is 0. The normalized spacial score (nSPS) is 11.2. The van der Waals surface area contributed by atoms with Crippen LogP contribution in [0.25, 0.3) is 0 Å². The highest BCUT2D eigenvalue weighted by Crippen LogP contribution is 2.31. The van der Waals surface area contributed by atoms with E-state index in [0.29, 0.717) is 16.5 Å². The Morgan fingerprint density at radius 1 is 1.21 bits per heavy atom. The number of rotatable bonds is 4. The van der Waals surface area contributed by atoms with Crippen LogP contribution < -0.4 is 10.1 Å². The molecule has 0 saturated carbocycles. The summed E-state index contributed by atoms with van der Waals surface area (Å²) >= 11 is 9.55. The zero-order valence-electron chi connectivity index (χ0n) is 14.2. The van der Waals surface area contributed by atoms with Gasteiger partial charge in [-0.25, -0.2) is 0 Å².